The van der Waals surface area contributed by atoms with Crippen LogP contribution in [0.2, 0.25) is 0 Å². The molecule has 0 spiro atoms. The average molecular weight is 478 g/mol. The van der Waals surface area contributed by atoms with Crippen molar-refractivity contribution in [3.05, 3.63) is 30.3 Å². The first kappa shape index (κ1) is 25.5. The van der Waals surface area contributed by atoms with Crippen LogP contribution in [0.5, 0.6) is 0 Å². The molecule has 9 nitrogen and oxygen atoms in total. The van der Waals surface area contributed by atoms with Crippen molar-refractivity contribution in [3.63, 3.8) is 0 Å². The third kappa shape index (κ3) is 6.48. The molecule has 0 unspecified atom stereocenters. The van der Waals surface area contributed by atoms with Crippen LogP contribution in [0.1, 0.15) is 47.9 Å². The molecule has 0 bridgehead atoms. The number of nitrogens with one attached hydrogen (secondary N) is 2. The van der Waals surface area contributed by atoms with Gasteiger partial charge >= 0.3 is 0 Å². The number of hydrogen-bond acceptors (Lipinski definition) is 7. The second kappa shape index (κ2) is 11.3. The van der Waals surface area contributed by atoms with Crippen LogP contribution in [0.15, 0.2) is 28.9 Å². The van der Waals surface area contributed by atoms with Crippen LogP contribution in [0.25, 0.3) is 11.0 Å². The van der Waals surface area contributed by atoms with Crippen molar-refractivity contribution < 1.29 is 34.1 Å². The van der Waals surface area contributed by atoms with E-state index in [1.54, 1.807) is 17.0 Å². The number of amides is 3. The van der Waals surface area contributed by atoms with E-state index in [1.165, 1.54) is 12.3 Å². The van der Waals surface area contributed by atoms with E-state index in [0.717, 1.165) is 19.5 Å². The number of halogens is 1. The summed E-state index contributed by atoms with van der Waals surface area (Å²) in [7, 11) is 0. The van der Waals surface area contributed by atoms with Gasteiger partial charge in [0.1, 0.15) is 6.26 Å². The lowest BCUT2D eigenvalue weighted by Gasteiger charge is -2.25. The van der Waals surface area contributed by atoms with Gasteiger partial charge in [-0.1, -0.05) is 6.07 Å². The van der Waals surface area contributed by atoms with Crippen molar-refractivity contribution in [2.75, 3.05) is 18.0 Å². The molecule has 2 aromatic rings. The molecule has 4 heterocycles. The summed E-state index contributed by atoms with van der Waals surface area (Å²) in [5.74, 6) is -1.60. The Balaban J connectivity index is 0.000000204. The summed E-state index contributed by atoms with van der Waals surface area (Å²) < 4.78 is 24.1. The molecule has 186 valence electrons. The molecule has 34 heavy (non-hydrogen) atoms. The van der Waals surface area contributed by atoms with E-state index in [0.29, 0.717) is 29.7 Å². The van der Waals surface area contributed by atoms with Crippen molar-refractivity contribution in [2.24, 2.45) is 0 Å². The maximum atomic E-state index is 13.5. The molecule has 1 aromatic heterocycles. The van der Waals surface area contributed by atoms with Gasteiger partial charge in [0.2, 0.25) is 17.7 Å². The minimum atomic E-state index is -0.490. The molecule has 0 saturated carbocycles. The predicted octanol–water partition coefficient (Wildman–Crippen LogP) is 2.71. The number of carbonyl (C=O) groups is 4. The highest BCUT2D eigenvalue weighted by Gasteiger charge is 2.31. The monoisotopic (exact) mass is 477 g/mol. The lowest BCUT2D eigenvalue weighted by Crippen LogP contribution is -2.41. The maximum Gasteiger partial charge on any atom is 0.234 e. The van der Waals surface area contributed by atoms with Gasteiger partial charge in [-0.3, -0.25) is 24.5 Å². The molecular formula is C24H32FN3O6. The van der Waals surface area contributed by atoms with Gasteiger partial charge in [0, 0.05) is 32.4 Å². The van der Waals surface area contributed by atoms with Crippen LogP contribution in [-0.4, -0.2) is 54.8 Å². The van der Waals surface area contributed by atoms with Gasteiger partial charge in [0.25, 0.3) is 0 Å². The second-order valence-electron chi connectivity index (χ2n) is 8.67. The van der Waals surface area contributed by atoms with E-state index in [4.69, 9.17) is 9.15 Å². The number of ketones is 1. The fourth-order valence-corrected chi connectivity index (χ4v) is 4.04. The zero-order valence-corrected chi connectivity index (χ0v) is 19.6. The van der Waals surface area contributed by atoms with E-state index in [9.17, 15) is 23.6 Å². The molecule has 3 aliphatic heterocycles. The number of carbonyl (C=O) groups excluding carboxylic acids is 4. The minimum Gasteiger partial charge on any atom is -0.459 e. The molecule has 2 N–H and O–H groups in total. The smallest absolute Gasteiger partial charge is 0.234 e. The first-order chi connectivity index (χ1) is 16.2. The highest BCUT2D eigenvalue weighted by Crippen LogP contribution is 2.35. The molecule has 1 aromatic carbocycles. The van der Waals surface area contributed by atoms with Gasteiger partial charge in [-0.05, 0) is 39.3 Å². The first-order valence-electron chi connectivity index (χ1n) is 11.3. The second-order valence-corrected chi connectivity index (χ2v) is 8.67. The van der Waals surface area contributed by atoms with Crippen LogP contribution < -0.4 is 15.5 Å². The zero-order valence-electron chi connectivity index (χ0n) is 19.6. The zero-order chi connectivity index (χ0) is 24.8. The minimum absolute atomic E-state index is 0. The Morgan fingerprint density at radius 3 is 2.18 bits per heavy atom. The van der Waals surface area contributed by atoms with Gasteiger partial charge in [-0.2, -0.15) is 0 Å². The molecule has 10 heteroatoms. The summed E-state index contributed by atoms with van der Waals surface area (Å²) in [6, 6.07) is 4.90. The number of rotatable bonds is 1. The molecule has 5 rings (SSSR count). The number of fused-ring (bicyclic) bond motifs is 1. The van der Waals surface area contributed by atoms with E-state index >= 15 is 0 Å². The standard InChI is InChI=1S/C13H12FNO2.C6H13NO.C5H5NO3.H2/c1-8-5-6-12(16)15(8)11-7-17-13-9(11)3-2-4-10(13)14;1-5-3-7-4-6(2)8-5;7-3-1-4(8)6-5(9)2-3;/h2-4,7-8H,5-6H2,1H3;5-7H,3-4H2,1-2H3;1-2H2,(H,6,8,9);1H/t8-;5-,6+;;/m0.../s1. The summed E-state index contributed by atoms with van der Waals surface area (Å²) in [5, 5.41) is 5.93. The number of para-hydroxylation sites is 1. The van der Waals surface area contributed by atoms with Crippen molar-refractivity contribution in [1.29, 1.82) is 0 Å². The largest absolute Gasteiger partial charge is 0.459 e. The van der Waals surface area contributed by atoms with Crippen LogP contribution >= 0.6 is 0 Å². The van der Waals surface area contributed by atoms with Crippen molar-refractivity contribution in [2.45, 2.75) is 64.7 Å². The topological polar surface area (TPSA) is 118 Å². The first-order valence-corrected chi connectivity index (χ1v) is 11.3. The number of Topliss-reactive ketones (excluding diaryl/α,β-unsaturated/α-hetero) is 1. The molecule has 0 radical (unpaired) electrons. The number of anilines is 1. The van der Waals surface area contributed by atoms with Crippen molar-refractivity contribution in [1.82, 2.24) is 10.6 Å². The van der Waals surface area contributed by atoms with Crippen LogP contribution in [0.3, 0.4) is 0 Å². The van der Waals surface area contributed by atoms with Gasteiger partial charge in [0.15, 0.2) is 17.2 Å². The Bertz CT molecular complexity index is 1020. The van der Waals surface area contributed by atoms with Crippen LogP contribution in [0, 0.1) is 5.82 Å². The quantitative estimate of drug-likeness (QED) is 0.479. The molecule has 3 fully saturated rings. The van der Waals surface area contributed by atoms with E-state index < -0.39 is 17.6 Å². The SMILES string of the molecule is C[C@@H]1CNC[C@H](C)O1.C[C@H]1CCC(=O)N1c1coc2c(F)cccc12.O=C1CC(=O)NC(=O)C1.[HH]. The third-order valence-corrected chi connectivity index (χ3v) is 5.60. The molecule has 3 atom stereocenters. The Kier molecular flexibility index (Phi) is 8.51. The number of ether oxygens (including phenoxy) is 1. The van der Waals surface area contributed by atoms with E-state index in [2.05, 4.69) is 19.2 Å². The fourth-order valence-electron chi connectivity index (χ4n) is 4.04. The molecule has 0 aliphatic carbocycles. The Labute approximate surface area is 198 Å². The lowest BCUT2D eigenvalue weighted by atomic mass is 10.1. The summed E-state index contributed by atoms with van der Waals surface area (Å²) in [6.07, 6.45) is 3.35. The van der Waals surface area contributed by atoms with Crippen LogP contribution in [0.4, 0.5) is 10.1 Å². The summed E-state index contributed by atoms with van der Waals surface area (Å²) in [4.78, 5) is 44.6. The Hall–Kier alpha value is -3.11. The van der Waals surface area contributed by atoms with Crippen LogP contribution in [-0.2, 0) is 23.9 Å². The lowest BCUT2D eigenvalue weighted by molar-refractivity contribution is -0.138. The fraction of sp³-hybridized carbons (Fsp3) is 0.500. The highest BCUT2D eigenvalue weighted by molar-refractivity contribution is 6.16. The van der Waals surface area contributed by atoms with Crippen molar-refractivity contribution in [3.8, 4) is 0 Å². The molecule has 3 aliphatic rings. The Morgan fingerprint density at radius 2 is 1.68 bits per heavy atom. The predicted molar refractivity (Wildman–Crippen MR) is 125 cm³/mol. The summed E-state index contributed by atoms with van der Waals surface area (Å²) in [6.45, 7) is 8.17. The Morgan fingerprint density at radius 1 is 1.03 bits per heavy atom. The van der Waals surface area contributed by atoms with E-state index in [1.807, 2.05) is 12.2 Å². The van der Waals surface area contributed by atoms with E-state index in [-0.39, 0.29) is 37.6 Å². The number of imide groups is 1. The highest BCUT2D eigenvalue weighted by atomic mass is 19.1. The number of hydrogen-bond donors (Lipinski definition) is 2. The van der Waals surface area contributed by atoms with Gasteiger partial charge < -0.3 is 19.4 Å². The van der Waals surface area contributed by atoms with Gasteiger partial charge in [0.05, 0.1) is 30.7 Å². The number of nitrogens with zero attached hydrogens (tertiary/aromatic N) is 1. The molecular weight excluding hydrogens is 445 g/mol. The third-order valence-electron chi connectivity index (χ3n) is 5.60. The van der Waals surface area contributed by atoms with Gasteiger partial charge in [-0.25, -0.2) is 4.39 Å². The number of benzene rings is 1. The molecule has 3 saturated heterocycles. The molecule has 3 amide bonds. The van der Waals surface area contributed by atoms with Gasteiger partial charge in [-0.15, -0.1) is 0 Å². The average Bonchev–Trinajstić information content (AvgIpc) is 3.31. The maximum absolute atomic E-state index is 13.5. The summed E-state index contributed by atoms with van der Waals surface area (Å²) in [5.41, 5.74) is 0.893. The normalized spacial score (nSPS) is 24.8. The number of furan rings is 1. The van der Waals surface area contributed by atoms with Crippen molar-refractivity contribution >= 4 is 40.2 Å². The summed E-state index contributed by atoms with van der Waals surface area (Å²) >= 11 is 0. The number of piperidine rings is 1. The number of morpholine rings is 1.